The van der Waals surface area contributed by atoms with Gasteiger partial charge in [-0.2, -0.15) is 0 Å². The summed E-state index contributed by atoms with van der Waals surface area (Å²) in [6.07, 6.45) is 8.35. The molecule has 1 aliphatic carbocycles. The first kappa shape index (κ1) is 14.7. The molecule has 0 radical (unpaired) electrons. The van der Waals surface area contributed by atoms with Crippen LogP contribution in [0.3, 0.4) is 0 Å². The minimum absolute atomic E-state index is 0.0405. The van der Waals surface area contributed by atoms with Gasteiger partial charge in [-0.25, -0.2) is 0 Å². The molecule has 0 aliphatic heterocycles. The van der Waals surface area contributed by atoms with Crippen molar-refractivity contribution in [1.82, 2.24) is 0 Å². The third-order valence-electron chi connectivity index (χ3n) is 3.11. The Kier molecular flexibility index (Phi) is 5.14. The molecule has 2 nitrogen and oxygen atoms in total. The predicted molar refractivity (Wildman–Crippen MR) is 81.2 cm³/mol. The second-order valence-corrected chi connectivity index (χ2v) is 5.92. The molecule has 2 N–H and O–H groups in total. The number of rotatable bonds is 4. The first-order valence-corrected chi connectivity index (χ1v) is 7.38. The zero-order chi connectivity index (χ0) is 13.8. The summed E-state index contributed by atoms with van der Waals surface area (Å²) in [6.45, 7) is 1.96. The summed E-state index contributed by atoms with van der Waals surface area (Å²) in [5, 5.41) is 1.18. The van der Waals surface area contributed by atoms with Crippen LogP contribution in [0.15, 0.2) is 24.3 Å². The predicted octanol–water partition coefficient (Wildman–Crippen LogP) is 4.37. The van der Waals surface area contributed by atoms with Gasteiger partial charge in [-0.1, -0.05) is 29.3 Å². The van der Waals surface area contributed by atoms with Gasteiger partial charge in [-0.05, 0) is 56.4 Å². The number of nitrogens with two attached hydrogens (primary N) is 1. The third-order valence-corrected chi connectivity index (χ3v) is 3.61. The largest absolute Gasteiger partial charge is 0.485 e. The molecule has 2 rings (SSSR count). The monoisotopic (exact) mass is 299 g/mol. The summed E-state index contributed by atoms with van der Waals surface area (Å²) in [5.74, 6) is 0.722. The first-order valence-electron chi connectivity index (χ1n) is 6.63. The molecule has 0 amide bonds. The van der Waals surface area contributed by atoms with Crippen LogP contribution in [-0.4, -0.2) is 12.1 Å². The number of ether oxygens (including phenoxy) is 1. The van der Waals surface area contributed by atoms with E-state index in [9.17, 15) is 0 Å². The van der Waals surface area contributed by atoms with Crippen molar-refractivity contribution >= 4 is 23.2 Å². The van der Waals surface area contributed by atoms with E-state index >= 15 is 0 Å². The van der Waals surface area contributed by atoms with E-state index in [2.05, 4.69) is 12.2 Å². The number of benzene rings is 1. The summed E-state index contributed by atoms with van der Waals surface area (Å²) in [7, 11) is 0. The van der Waals surface area contributed by atoms with Crippen molar-refractivity contribution in [3.05, 3.63) is 39.9 Å². The Morgan fingerprint density at radius 1 is 1.42 bits per heavy atom. The van der Waals surface area contributed by atoms with Crippen LogP contribution in [-0.2, 0) is 6.42 Å². The average Bonchev–Trinajstić information content (AvgIpc) is 2.34. The lowest BCUT2D eigenvalue weighted by Crippen LogP contribution is -2.21. The minimum atomic E-state index is 0.0405. The van der Waals surface area contributed by atoms with Gasteiger partial charge < -0.3 is 10.5 Å². The summed E-state index contributed by atoms with van der Waals surface area (Å²) in [4.78, 5) is 0. The summed E-state index contributed by atoms with van der Waals surface area (Å²) in [5.41, 5.74) is 6.85. The van der Waals surface area contributed by atoms with Gasteiger partial charge in [0.05, 0.1) is 5.02 Å². The molecule has 0 heterocycles. The fourth-order valence-electron chi connectivity index (χ4n) is 2.27. The molecule has 0 saturated heterocycles. The Morgan fingerprint density at radius 3 is 2.84 bits per heavy atom. The maximum Gasteiger partial charge on any atom is 0.142 e. The fraction of sp³-hybridized carbons (Fsp3) is 0.467. The van der Waals surface area contributed by atoms with Gasteiger partial charge in [0.25, 0.3) is 0 Å². The second-order valence-electron chi connectivity index (χ2n) is 5.07. The maximum atomic E-state index is 6.26. The lowest BCUT2D eigenvalue weighted by molar-refractivity contribution is 0.227. The number of halogens is 2. The van der Waals surface area contributed by atoms with E-state index in [1.54, 1.807) is 6.07 Å². The van der Waals surface area contributed by atoms with Crippen LogP contribution in [0.5, 0.6) is 5.75 Å². The van der Waals surface area contributed by atoms with Crippen LogP contribution in [0.4, 0.5) is 0 Å². The molecule has 0 saturated carbocycles. The summed E-state index contributed by atoms with van der Waals surface area (Å²) < 4.78 is 6.04. The van der Waals surface area contributed by atoms with Crippen molar-refractivity contribution in [2.75, 3.05) is 0 Å². The van der Waals surface area contributed by atoms with Gasteiger partial charge in [0.2, 0.25) is 0 Å². The molecule has 0 fully saturated rings. The maximum absolute atomic E-state index is 6.26. The molecule has 104 valence electrons. The summed E-state index contributed by atoms with van der Waals surface area (Å²) >= 11 is 12.3. The van der Waals surface area contributed by atoms with Crippen molar-refractivity contribution in [3.63, 3.8) is 0 Å². The summed E-state index contributed by atoms with van der Waals surface area (Å²) in [6, 6.07) is 3.65. The van der Waals surface area contributed by atoms with E-state index in [1.807, 2.05) is 13.0 Å². The second kappa shape index (κ2) is 6.65. The van der Waals surface area contributed by atoms with E-state index < -0.39 is 0 Å². The molecular formula is C15H19Cl2NO. The van der Waals surface area contributed by atoms with Gasteiger partial charge in [-0.3, -0.25) is 0 Å². The van der Waals surface area contributed by atoms with Gasteiger partial charge in [-0.15, -0.1) is 0 Å². The van der Waals surface area contributed by atoms with Crippen molar-refractivity contribution in [2.45, 2.75) is 44.8 Å². The third kappa shape index (κ3) is 4.13. The van der Waals surface area contributed by atoms with Gasteiger partial charge >= 0.3 is 0 Å². The van der Waals surface area contributed by atoms with Crippen LogP contribution in [0.25, 0.3) is 0 Å². The molecule has 1 aromatic carbocycles. The average molecular weight is 300 g/mol. The van der Waals surface area contributed by atoms with E-state index in [0.29, 0.717) is 16.5 Å². The Morgan fingerprint density at radius 2 is 2.21 bits per heavy atom. The highest BCUT2D eigenvalue weighted by Gasteiger charge is 2.17. The van der Waals surface area contributed by atoms with Gasteiger partial charge in [0.15, 0.2) is 0 Å². The number of allylic oxidation sites excluding steroid dienone is 1. The molecule has 0 spiro atoms. The van der Waals surface area contributed by atoms with Crippen molar-refractivity contribution < 1.29 is 4.74 Å². The highest BCUT2D eigenvalue weighted by Crippen LogP contribution is 2.35. The van der Waals surface area contributed by atoms with E-state index in [-0.39, 0.29) is 12.1 Å². The molecule has 2 atom stereocenters. The smallest absolute Gasteiger partial charge is 0.142 e. The van der Waals surface area contributed by atoms with Crippen LogP contribution >= 0.6 is 23.2 Å². The van der Waals surface area contributed by atoms with E-state index in [4.69, 9.17) is 33.7 Å². The lowest BCUT2D eigenvalue weighted by Gasteiger charge is -2.22. The highest BCUT2D eigenvalue weighted by atomic mass is 35.5. The minimum Gasteiger partial charge on any atom is -0.485 e. The van der Waals surface area contributed by atoms with Crippen LogP contribution in [0.1, 0.15) is 31.7 Å². The fourth-order valence-corrected chi connectivity index (χ4v) is 2.85. The highest BCUT2D eigenvalue weighted by molar-refractivity contribution is 6.35. The molecule has 4 heteroatoms. The number of hydrogen-bond acceptors (Lipinski definition) is 2. The number of hydrogen-bond donors (Lipinski definition) is 1. The van der Waals surface area contributed by atoms with E-state index in [1.165, 1.54) is 0 Å². The lowest BCUT2D eigenvalue weighted by atomic mass is 10.0. The van der Waals surface area contributed by atoms with Crippen molar-refractivity contribution in [2.24, 2.45) is 5.73 Å². The molecule has 0 aromatic heterocycles. The molecule has 19 heavy (non-hydrogen) atoms. The van der Waals surface area contributed by atoms with Gasteiger partial charge in [0.1, 0.15) is 11.9 Å². The van der Waals surface area contributed by atoms with Crippen LogP contribution < -0.4 is 10.5 Å². The Bertz CT molecular complexity index is 471. The van der Waals surface area contributed by atoms with Gasteiger partial charge in [0, 0.05) is 11.1 Å². The zero-order valence-corrected chi connectivity index (χ0v) is 12.5. The SMILES string of the molecule is CC(N)Cc1cc(Cl)cc(Cl)c1OC1C=CCCC1. The molecule has 0 bridgehead atoms. The normalized spacial score (nSPS) is 20.3. The Hall–Kier alpha value is -0.700. The molecule has 1 aliphatic rings. The van der Waals surface area contributed by atoms with Crippen LogP contribution in [0, 0.1) is 0 Å². The van der Waals surface area contributed by atoms with Crippen LogP contribution in [0.2, 0.25) is 10.0 Å². The molecule has 2 unspecified atom stereocenters. The Labute approximate surface area is 124 Å². The van der Waals surface area contributed by atoms with E-state index in [0.717, 1.165) is 30.6 Å². The Balaban J connectivity index is 2.26. The molecular weight excluding hydrogens is 281 g/mol. The standard InChI is InChI=1S/C15H19Cl2NO/c1-10(18)7-11-8-12(16)9-14(17)15(11)19-13-5-3-2-4-6-13/h3,5,8-10,13H,2,4,6-7,18H2,1H3. The zero-order valence-electron chi connectivity index (χ0n) is 11.0. The van der Waals surface area contributed by atoms with Crippen molar-refractivity contribution in [1.29, 1.82) is 0 Å². The molecule has 1 aromatic rings. The quantitative estimate of drug-likeness (QED) is 0.838. The van der Waals surface area contributed by atoms with Crippen molar-refractivity contribution in [3.8, 4) is 5.75 Å². The first-order chi connectivity index (χ1) is 9.06. The topological polar surface area (TPSA) is 35.2 Å².